The first-order chi connectivity index (χ1) is 15.0. The molecule has 0 amide bonds. The number of rotatable bonds is 8. The van der Waals surface area contributed by atoms with Crippen molar-refractivity contribution >= 4 is 18.1 Å². The van der Waals surface area contributed by atoms with E-state index in [2.05, 4.69) is 13.8 Å². The highest BCUT2D eigenvalue weighted by Gasteiger charge is 2.14. The maximum absolute atomic E-state index is 12.4. The van der Waals surface area contributed by atoms with Crippen molar-refractivity contribution in [2.45, 2.75) is 26.7 Å². The van der Waals surface area contributed by atoms with Crippen molar-refractivity contribution in [1.82, 2.24) is 0 Å². The largest absolute Gasteiger partial charge is 0.493 e. The molecule has 3 aromatic rings. The fourth-order valence-electron chi connectivity index (χ4n) is 3.16. The van der Waals surface area contributed by atoms with Crippen LogP contribution in [0.2, 0.25) is 0 Å². The van der Waals surface area contributed by atoms with E-state index in [1.165, 1.54) is 0 Å². The topological polar surface area (TPSA) is 44.8 Å². The van der Waals surface area contributed by atoms with Crippen LogP contribution in [0.15, 0.2) is 66.7 Å². The quantitative estimate of drug-likeness (QED) is 0.246. The summed E-state index contributed by atoms with van der Waals surface area (Å²) in [6.07, 6.45) is 4.00. The highest BCUT2D eigenvalue weighted by Crippen LogP contribution is 2.30. The zero-order valence-electron chi connectivity index (χ0n) is 18.4. The molecular formula is C27H28O4. The first-order valence-corrected chi connectivity index (χ1v) is 10.3. The second-order valence-electron chi connectivity index (χ2n) is 7.61. The van der Waals surface area contributed by atoms with Gasteiger partial charge in [0.15, 0.2) is 18.1 Å². The Hall–Kier alpha value is -3.53. The average Bonchev–Trinajstić information content (AvgIpc) is 2.77. The summed E-state index contributed by atoms with van der Waals surface area (Å²) in [5, 5.41) is 0. The molecule has 0 aromatic heterocycles. The van der Waals surface area contributed by atoms with E-state index in [9.17, 15) is 4.79 Å². The van der Waals surface area contributed by atoms with Crippen LogP contribution in [0, 0.1) is 6.92 Å². The summed E-state index contributed by atoms with van der Waals surface area (Å²) in [7, 11) is 1.55. The average molecular weight is 417 g/mol. The molecule has 160 valence electrons. The second kappa shape index (κ2) is 10.5. The molecule has 0 aliphatic carbocycles. The Morgan fingerprint density at radius 2 is 1.61 bits per heavy atom. The fourth-order valence-corrected chi connectivity index (χ4v) is 3.16. The molecule has 0 unspecified atom stereocenters. The van der Waals surface area contributed by atoms with Gasteiger partial charge >= 0.3 is 5.97 Å². The molecule has 31 heavy (non-hydrogen) atoms. The molecule has 0 spiro atoms. The number of esters is 1. The normalized spacial score (nSPS) is 11.0. The number of hydrogen-bond donors (Lipinski definition) is 0. The van der Waals surface area contributed by atoms with E-state index in [0.717, 1.165) is 22.3 Å². The molecule has 0 saturated carbocycles. The molecule has 0 aliphatic rings. The van der Waals surface area contributed by atoms with Gasteiger partial charge in [0.25, 0.3) is 0 Å². The molecule has 3 rings (SSSR count). The number of benzene rings is 3. The van der Waals surface area contributed by atoms with Crippen molar-refractivity contribution in [1.29, 1.82) is 0 Å². The van der Waals surface area contributed by atoms with Gasteiger partial charge in [0.2, 0.25) is 0 Å². The van der Waals surface area contributed by atoms with E-state index in [4.69, 9.17) is 14.2 Å². The van der Waals surface area contributed by atoms with Crippen molar-refractivity contribution in [3.05, 3.63) is 89.0 Å². The van der Waals surface area contributed by atoms with Crippen LogP contribution in [0.1, 0.15) is 42.0 Å². The summed E-state index contributed by atoms with van der Waals surface area (Å²) >= 11 is 0. The molecule has 4 nitrogen and oxygen atoms in total. The first-order valence-electron chi connectivity index (χ1n) is 10.3. The van der Waals surface area contributed by atoms with Gasteiger partial charge in [-0.2, -0.15) is 0 Å². The summed E-state index contributed by atoms with van der Waals surface area (Å²) in [5.74, 6) is 1.37. The zero-order valence-corrected chi connectivity index (χ0v) is 18.4. The number of methoxy groups -OCH3 is 1. The van der Waals surface area contributed by atoms with Gasteiger partial charge in [-0.3, -0.25) is 0 Å². The van der Waals surface area contributed by atoms with Crippen molar-refractivity contribution < 1.29 is 19.0 Å². The summed E-state index contributed by atoms with van der Waals surface area (Å²) < 4.78 is 16.7. The SMILES string of the molecule is COc1cc(C=Cc2ccccc2)ccc1OC(=O)COc1cc(C)ccc1C(C)C. The lowest BCUT2D eigenvalue weighted by atomic mass is 10.0. The molecule has 0 aliphatic heterocycles. The molecule has 0 atom stereocenters. The molecule has 0 radical (unpaired) electrons. The lowest BCUT2D eigenvalue weighted by molar-refractivity contribution is -0.136. The lowest BCUT2D eigenvalue weighted by Crippen LogP contribution is -2.18. The number of hydrogen-bond acceptors (Lipinski definition) is 4. The lowest BCUT2D eigenvalue weighted by Gasteiger charge is -2.15. The van der Waals surface area contributed by atoms with Crippen LogP contribution in [-0.4, -0.2) is 19.7 Å². The minimum absolute atomic E-state index is 0.179. The second-order valence-corrected chi connectivity index (χ2v) is 7.61. The first kappa shape index (κ1) is 22.2. The van der Waals surface area contributed by atoms with Crippen LogP contribution in [0.3, 0.4) is 0 Å². The Labute approximate surface area is 184 Å². The van der Waals surface area contributed by atoms with E-state index in [1.807, 2.05) is 79.7 Å². The number of carbonyl (C=O) groups excluding carboxylic acids is 1. The third-order valence-electron chi connectivity index (χ3n) is 4.82. The van der Waals surface area contributed by atoms with Crippen molar-refractivity contribution in [2.75, 3.05) is 13.7 Å². The van der Waals surface area contributed by atoms with E-state index in [-0.39, 0.29) is 6.61 Å². The predicted octanol–water partition coefficient (Wildman–Crippen LogP) is 6.28. The third-order valence-corrected chi connectivity index (χ3v) is 4.82. The zero-order chi connectivity index (χ0) is 22.2. The molecule has 0 N–H and O–H groups in total. The van der Waals surface area contributed by atoms with Gasteiger partial charge in [-0.05, 0) is 53.3 Å². The molecule has 0 heterocycles. The van der Waals surface area contributed by atoms with E-state index < -0.39 is 5.97 Å². The Bertz CT molecular complexity index is 1050. The van der Waals surface area contributed by atoms with Gasteiger partial charge in [-0.15, -0.1) is 0 Å². The summed E-state index contributed by atoms with van der Waals surface area (Å²) in [6, 6.07) is 21.5. The number of aryl methyl sites for hydroxylation is 1. The standard InChI is InChI=1S/C27H28O4/c1-19(2)23-14-10-20(3)16-25(23)30-18-27(28)31-24-15-13-22(17-26(24)29-4)12-11-21-8-6-5-7-9-21/h5-17,19H,18H2,1-4H3. The minimum atomic E-state index is -0.484. The molecule has 3 aromatic carbocycles. The Morgan fingerprint density at radius 3 is 2.32 bits per heavy atom. The van der Waals surface area contributed by atoms with Gasteiger partial charge in [0.1, 0.15) is 5.75 Å². The summed E-state index contributed by atoms with van der Waals surface area (Å²) in [6.45, 7) is 6.00. The summed E-state index contributed by atoms with van der Waals surface area (Å²) in [4.78, 5) is 12.4. The van der Waals surface area contributed by atoms with Gasteiger partial charge in [0.05, 0.1) is 7.11 Å². The Kier molecular flexibility index (Phi) is 7.50. The maximum Gasteiger partial charge on any atom is 0.349 e. The molecule has 0 saturated heterocycles. The summed E-state index contributed by atoms with van der Waals surface area (Å²) in [5.41, 5.74) is 4.18. The van der Waals surface area contributed by atoms with E-state index in [0.29, 0.717) is 23.2 Å². The van der Waals surface area contributed by atoms with Crippen molar-refractivity contribution in [3.63, 3.8) is 0 Å². The number of ether oxygens (including phenoxy) is 3. The Morgan fingerprint density at radius 1 is 0.871 bits per heavy atom. The molecule has 4 heteroatoms. The van der Waals surface area contributed by atoms with Gasteiger partial charge in [0, 0.05) is 0 Å². The van der Waals surface area contributed by atoms with Crippen LogP contribution in [0.4, 0.5) is 0 Å². The Balaban J connectivity index is 1.66. The van der Waals surface area contributed by atoms with Crippen LogP contribution in [-0.2, 0) is 4.79 Å². The maximum atomic E-state index is 12.4. The van der Waals surface area contributed by atoms with Crippen LogP contribution >= 0.6 is 0 Å². The predicted molar refractivity (Wildman–Crippen MR) is 125 cm³/mol. The fraction of sp³-hybridized carbons (Fsp3) is 0.222. The highest BCUT2D eigenvalue weighted by molar-refractivity contribution is 5.76. The molecule has 0 bridgehead atoms. The van der Waals surface area contributed by atoms with Crippen molar-refractivity contribution in [2.24, 2.45) is 0 Å². The van der Waals surface area contributed by atoms with Crippen LogP contribution < -0.4 is 14.2 Å². The van der Waals surface area contributed by atoms with E-state index >= 15 is 0 Å². The molecular weight excluding hydrogens is 388 g/mol. The van der Waals surface area contributed by atoms with Gasteiger partial charge < -0.3 is 14.2 Å². The van der Waals surface area contributed by atoms with Gasteiger partial charge in [-0.25, -0.2) is 4.79 Å². The van der Waals surface area contributed by atoms with Gasteiger partial charge in [-0.1, -0.05) is 74.5 Å². The molecule has 0 fully saturated rings. The van der Waals surface area contributed by atoms with Crippen LogP contribution in [0.25, 0.3) is 12.2 Å². The minimum Gasteiger partial charge on any atom is -0.493 e. The van der Waals surface area contributed by atoms with Crippen LogP contribution in [0.5, 0.6) is 17.2 Å². The monoisotopic (exact) mass is 416 g/mol. The smallest absolute Gasteiger partial charge is 0.349 e. The number of carbonyl (C=O) groups is 1. The highest BCUT2D eigenvalue weighted by atomic mass is 16.6. The third kappa shape index (κ3) is 6.22. The van der Waals surface area contributed by atoms with Crippen molar-refractivity contribution in [3.8, 4) is 17.2 Å². The van der Waals surface area contributed by atoms with E-state index in [1.54, 1.807) is 13.2 Å².